The number of hydrogen-bond acceptors (Lipinski definition) is 4. The zero-order valence-electron chi connectivity index (χ0n) is 12.5. The maximum atomic E-state index is 12.6. The first kappa shape index (κ1) is 14.4. The molecule has 0 fully saturated rings. The molecule has 22 heavy (non-hydrogen) atoms. The van der Waals surface area contributed by atoms with Crippen LogP contribution in [0.25, 0.3) is 0 Å². The molecule has 3 rings (SSSR count). The van der Waals surface area contributed by atoms with Crippen molar-refractivity contribution in [3.05, 3.63) is 58.6 Å². The van der Waals surface area contributed by atoms with Crippen molar-refractivity contribution in [2.75, 3.05) is 14.2 Å². The number of hydrogen-bond donors (Lipinski definition) is 0. The van der Waals surface area contributed by atoms with Gasteiger partial charge in [-0.05, 0) is 36.1 Å². The molecule has 1 unspecified atom stereocenters. The molecule has 0 aliphatic heterocycles. The Kier molecular flexibility index (Phi) is 3.71. The number of carbonyl (C=O) groups excluding carboxylic acids is 1. The molecule has 0 spiro atoms. The van der Waals surface area contributed by atoms with E-state index in [2.05, 4.69) is 0 Å². The zero-order valence-corrected chi connectivity index (χ0v) is 12.5. The molecular weight excluding hydrogens is 282 g/mol. The monoisotopic (exact) mass is 299 g/mol. The largest absolute Gasteiger partial charge is 0.619 e. The molecular formula is C17H17NO4. The van der Waals surface area contributed by atoms with E-state index in [1.807, 2.05) is 6.07 Å². The maximum absolute atomic E-state index is 12.6. The quantitative estimate of drug-likeness (QED) is 0.639. The Balaban J connectivity index is 1.86. The van der Waals surface area contributed by atoms with Crippen molar-refractivity contribution in [1.29, 1.82) is 0 Å². The van der Waals surface area contributed by atoms with Gasteiger partial charge < -0.3 is 14.7 Å². The van der Waals surface area contributed by atoms with Gasteiger partial charge in [0.15, 0.2) is 29.7 Å². The van der Waals surface area contributed by atoms with Crippen LogP contribution in [0.2, 0.25) is 0 Å². The molecule has 1 aromatic heterocycles. The van der Waals surface area contributed by atoms with E-state index in [9.17, 15) is 10.0 Å². The van der Waals surface area contributed by atoms with Gasteiger partial charge in [0.05, 0.1) is 14.2 Å². The second kappa shape index (κ2) is 5.67. The van der Waals surface area contributed by atoms with Crippen LogP contribution in [-0.2, 0) is 12.8 Å². The van der Waals surface area contributed by atoms with Crippen LogP contribution in [0, 0.1) is 11.1 Å². The van der Waals surface area contributed by atoms with E-state index < -0.39 is 0 Å². The van der Waals surface area contributed by atoms with E-state index in [1.54, 1.807) is 32.4 Å². The summed E-state index contributed by atoms with van der Waals surface area (Å²) in [5, 5.41) is 11.1. The first-order valence-electron chi connectivity index (χ1n) is 7.09. The average Bonchev–Trinajstić information content (AvgIpc) is 2.83. The Morgan fingerprint density at radius 2 is 1.82 bits per heavy atom. The highest BCUT2D eigenvalue weighted by Crippen LogP contribution is 2.37. The van der Waals surface area contributed by atoms with Gasteiger partial charge in [0.25, 0.3) is 0 Å². The standard InChI is InChI=1S/C17H17NO4/c1-21-15-9-12-8-13(7-11-3-5-18(20)6-4-11)17(19)14(12)10-16(15)22-2/h3-6,9-10,13H,7-8H2,1-2H3. The average molecular weight is 299 g/mol. The van der Waals surface area contributed by atoms with Gasteiger partial charge >= 0.3 is 0 Å². The fraction of sp³-hybridized carbons (Fsp3) is 0.294. The molecule has 1 atom stereocenters. The van der Waals surface area contributed by atoms with Crippen LogP contribution in [0.3, 0.4) is 0 Å². The van der Waals surface area contributed by atoms with Crippen LogP contribution < -0.4 is 14.2 Å². The summed E-state index contributed by atoms with van der Waals surface area (Å²) in [4.78, 5) is 12.6. The molecule has 114 valence electrons. The minimum atomic E-state index is -0.102. The second-order valence-corrected chi connectivity index (χ2v) is 5.40. The highest BCUT2D eigenvalue weighted by atomic mass is 16.5. The van der Waals surface area contributed by atoms with Gasteiger partial charge in [-0.15, -0.1) is 0 Å². The number of Topliss-reactive ketones (excluding diaryl/α,β-unsaturated/α-hetero) is 1. The third kappa shape index (κ3) is 2.50. The molecule has 0 saturated carbocycles. The first-order valence-corrected chi connectivity index (χ1v) is 7.09. The molecule has 0 N–H and O–H groups in total. The summed E-state index contributed by atoms with van der Waals surface area (Å²) in [5.74, 6) is 1.23. The fourth-order valence-electron chi connectivity index (χ4n) is 2.93. The predicted octanol–water partition coefficient (Wildman–Crippen LogP) is 1.93. The molecule has 1 aromatic carbocycles. The van der Waals surface area contributed by atoms with Crippen molar-refractivity contribution in [2.45, 2.75) is 12.8 Å². The van der Waals surface area contributed by atoms with Crippen LogP contribution >= 0.6 is 0 Å². The van der Waals surface area contributed by atoms with Gasteiger partial charge in [0.2, 0.25) is 0 Å². The number of ether oxygens (including phenoxy) is 2. The Labute approximate surface area is 128 Å². The van der Waals surface area contributed by atoms with E-state index in [0.29, 0.717) is 29.9 Å². The maximum Gasteiger partial charge on any atom is 0.180 e. The highest BCUT2D eigenvalue weighted by molar-refractivity contribution is 6.03. The van der Waals surface area contributed by atoms with Crippen molar-refractivity contribution in [3.8, 4) is 11.5 Å². The van der Waals surface area contributed by atoms with Gasteiger partial charge in [-0.25, -0.2) is 0 Å². The van der Waals surface area contributed by atoms with Crippen molar-refractivity contribution in [2.24, 2.45) is 5.92 Å². The van der Waals surface area contributed by atoms with Gasteiger partial charge in [0, 0.05) is 23.6 Å². The van der Waals surface area contributed by atoms with Gasteiger partial charge in [0.1, 0.15) is 0 Å². The second-order valence-electron chi connectivity index (χ2n) is 5.40. The Morgan fingerprint density at radius 3 is 2.45 bits per heavy atom. The SMILES string of the molecule is COc1cc2c(cc1OC)C(=O)C(Cc1cc[n+]([O-])cc1)C2. The summed E-state index contributed by atoms with van der Waals surface area (Å²) in [6.07, 6.45) is 4.21. The van der Waals surface area contributed by atoms with Crippen LogP contribution in [0.1, 0.15) is 21.5 Å². The number of pyridine rings is 1. The van der Waals surface area contributed by atoms with E-state index in [4.69, 9.17) is 9.47 Å². The number of rotatable bonds is 4. The number of carbonyl (C=O) groups is 1. The van der Waals surface area contributed by atoms with E-state index >= 15 is 0 Å². The lowest BCUT2D eigenvalue weighted by molar-refractivity contribution is -0.605. The van der Waals surface area contributed by atoms with Crippen LogP contribution in [0.5, 0.6) is 11.5 Å². The molecule has 0 bridgehead atoms. The molecule has 5 nitrogen and oxygen atoms in total. The van der Waals surface area contributed by atoms with Crippen molar-refractivity contribution < 1.29 is 19.0 Å². The lowest BCUT2D eigenvalue weighted by Gasteiger charge is -2.09. The smallest absolute Gasteiger partial charge is 0.180 e. The predicted molar refractivity (Wildman–Crippen MR) is 80.2 cm³/mol. The van der Waals surface area contributed by atoms with Crippen molar-refractivity contribution >= 4 is 5.78 Å². The Bertz CT molecular complexity index is 709. The van der Waals surface area contributed by atoms with Crippen LogP contribution in [-0.4, -0.2) is 20.0 Å². The van der Waals surface area contributed by atoms with Crippen molar-refractivity contribution in [1.82, 2.24) is 0 Å². The van der Waals surface area contributed by atoms with Crippen LogP contribution in [0.4, 0.5) is 0 Å². The van der Waals surface area contributed by atoms with Gasteiger partial charge in [-0.2, -0.15) is 4.73 Å². The number of nitrogens with zero attached hydrogens (tertiary/aromatic N) is 1. The third-order valence-corrected chi connectivity index (χ3v) is 4.07. The summed E-state index contributed by atoms with van der Waals surface area (Å²) in [5.41, 5.74) is 2.68. The third-order valence-electron chi connectivity index (χ3n) is 4.07. The topological polar surface area (TPSA) is 62.5 Å². The van der Waals surface area contributed by atoms with E-state index in [1.165, 1.54) is 12.4 Å². The summed E-state index contributed by atoms with van der Waals surface area (Å²) in [6, 6.07) is 7.14. The molecule has 1 aliphatic carbocycles. The Hall–Kier alpha value is -2.56. The fourth-order valence-corrected chi connectivity index (χ4v) is 2.93. The number of ketones is 1. The molecule has 5 heteroatoms. The molecule has 2 aromatic rings. The minimum absolute atomic E-state index is 0.102. The molecule has 0 radical (unpaired) electrons. The lowest BCUT2D eigenvalue weighted by Crippen LogP contribution is -2.24. The number of fused-ring (bicyclic) bond motifs is 1. The number of aromatic nitrogens is 1. The Morgan fingerprint density at radius 1 is 1.18 bits per heavy atom. The summed E-state index contributed by atoms with van der Waals surface area (Å²) >= 11 is 0. The van der Waals surface area contributed by atoms with Crippen LogP contribution in [0.15, 0.2) is 36.7 Å². The summed E-state index contributed by atoms with van der Waals surface area (Å²) in [7, 11) is 3.14. The number of methoxy groups -OCH3 is 2. The normalized spacial score (nSPS) is 16.5. The summed E-state index contributed by atoms with van der Waals surface area (Å²) in [6.45, 7) is 0. The van der Waals surface area contributed by atoms with Crippen molar-refractivity contribution in [3.63, 3.8) is 0 Å². The lowest BCUT2D eigenvalue weighted by atomic mass is 9.96. The minimum Gasteiger partial charge on any atom is -0.619 e. The summed E-state index contributed by atoms with van der Waals surface area (Å²) < 4.78 is 11.3. The molecule has 1 aliphatic rings. The zero-order chi connectivity index (χ0) is 15.7. The highest BCUT2D eigenvalue weighted by Gasteiger charge is 2.32. The van der Waals surface area contributed by atoms with Gasteiger partial charge in [-0.3, -0.25) is 4.79 Å². The molecule has 0 amide bonds. The van der Waals surface area contributed by atoms with E-state index in [0.717, 1.165) is 15.9 Å². The molecule has 0 saturated heterocycles. The first-order chi connectivity index (χ1) is 10.6. The number of benzene rings is 1. The molecule has 1 heterocycles. The van der Waals surface area contributed by atoms with E-state index in [-0.39, 0.29) is 11.7 Å². The van der Waals surface area contributed by atoms with Gasteiger partial charge in [-0.1, -0.05) is 0 Å².